The summed E-state index contributed by atoms with van der Waals surface area (Å²) in [5, 5.41) is 3.42. The minimum atomic E-state index is 0.0201. The Morgan fingerprint density at radius 1 is 1.33 bits per heavy atom. The fourth-order valence-corrected chi connectivity index (χ4v) is 3.01. The molecule has 1 saturated heterocycles. The van der Waals surface area contributed by atoms with Crippen LogP contribution >= 0.6 is 0 Å². The van der Waals surface area contributed by atoms with Gasteiger partial charge in [0.1, 0.15) is 6.54 Å². The number of unbranched alkanes of at least 4 members (excludes halogenated alkanes) is 1. The number of carbonyl (C=O) groups excluding carboxylic acids is 1. The van der Waals surface area contributed by atoms with Gasteiger partial charge in [-0.1, -0.05) is 43.7 Å². The number of rotatable bonds is 9. The summed E-state index contributed by atoms with van der Waals surface area (Å²) in [6, 6.07) is 10.3. The van der Waals surface area contributed by atoms with Gasteiger partial charge in [-0.2, -0.15) is 0 Å². The molecule has 0 spiro atoms. The number of ether oxygens (including phenoxy) is 1. The number of likely N-dealkylation sites (N-methyl/N-ethyl adjacent to an activating group) is 1. The van der Waals surface area contributed by atoms with Crippen LogP contribution in [0.25, 0.3) is 0 Å². The Labute approximate surface area is 163 Å². The van der Waals surface area contributed by atoms with E-state index >= 15 is 0 Å². The minimum absolute atomic E-state index is 0.0201. The molecule has 1 aliphatic heterocycles. The number of amides is 1. The predicted molar refractivity (Wildman–Crippen MR) is 110 cm³/mol. The lowest BCUT2D eigenvalue weighted by Crippen LogP contribution is -2.41. The van der Waals surface area contributed by atoms with E-state index in [0.29, 0.717) is 12.5 Å². The standard InChI is InChI=1S/C21H34N4O2/c1-4-5-12-22-21(23-14-20(26)24(2)3)25-13-11-19(15-25)17-27-16-18-9-7-6-8-10-18/h6-10,19H,4-5,11-17H2,1-3H3,(H,22,23). The van der Waals surface area contributed by atoms with Crippen molar-refractivity contribution in [2.24, 2.45) is 10.9 Å². The maximum absolute atomic E-state index is 11.9. The number of benzene rings is 1. The Balaban J connectivity index is 1.82. The van der Waals surface area contributed by atoms with E-state index < -0.39 is 0 Å². The first-order valence-corrected chi connectivity index (χ1v) is 9.95. The van der Waals surface area contributed by atoms with E-state index in [0.717, 1.165) is 51.5 Å². The van der Waals surface area contributed by atoms with Crippen LogP contribution in [-0.4, -0.2) is 68.5 Å². The minimum Gasteiger partial charge on any atom is -0.376 e. The molecule has 150 valence electrons. The maximum atomic E-state index is 11.9. The van der Waals surface area contributed by atoms with Gasteiger partial charge in [0.2, 0.25) is 5.91 Å². The molecule has 1 atom stereocenters. The van der Waals surface area contributed by atoms with Gasteiger partial charge in [-0.3, -0.25) is 4.79 Å². The topological polar surface area (TPSA) is 57.2 Å². The fraction of sp³-hybridized carbons (Fsp3) is 0.619. The summed E-state index contributed by atoms with van der Waals surface area (Å²) >= 11 is 0. The zero-order chi connectivity index (χ0) is 19.5. The molecular formula is C21H34N4O2. The molecule has 6 heteroatoms. The fourth-order valence-electron chi connectivity index (χ4n) is 3.01. The number of hydrogen-bond donors (Lipinski definition) is 1. The molecule has 0 radical (unpaired) electrons. The number of nitrogens with one attached hydrogen (secondary N) is 1. The summed E-state index contributed by atoms with van der Waals surface area (Å²) in [4.78, 5) is 20.3. The molecule has 27 heavy (non-hydrogen) atoms. The molecular weight excluding hydrogens is 340 g/mol. The highest BCUT2D eigenvalue weighted by Gasteiger charge is 2.25. The number of nitrogens with zero attached hydrogens (tertiary/aromatic N) is 3. The van der Waals surface area contributed by atoms with Crippen LogP contribution in [0.1, 0.15) is 31.7 Å². The van der Waals surface area contributed by atoms with Crippen LogP contribution in [0.3, 0.4) is 0 Å². The molecule has 1 fully saturated rings. The number of hydrogen-bond acceptors (Lipinski definition) is 3. The molecule has 1 aromatic rings. The highest BCUT2D eigenvalue weighted by Crippen LogP contribution is 2.17. The second-order valence-corrected chi connectivity index (χ2v) is 7.31. The zero-order valence-electron chi connectivity index (χ0n) is 17.0. The first-order valence-electron chi connectivity index (χ1n) is 9.95. The Morgan fingerprint density at radius 2 is 2.11 bits per heavy atom. The SMILES string of the molecule is CCCCNC(=NCC(=O)N(C)C)N1CCC(COCc2ccccc2)C1. The van der Waals surface area contributed by atoms with Gasteiger partial charge >= 0.3 is 0 Å². The first-order chi connectivity index (χ1) is 13.1. The van der Waals surface area contributed by atoms with Crippen molar-refractivity contribution in [1.29, 1.82) is 0 Å². The normalized spacial score (nSPS) is 17.2. The van der Waals surface area contributed by atoms with Crippen molar-refractivity contribution in [2.45, 2.75) is 32.8 Å². The lowest BCUT2D eigenvalue weighted by atomic mass is 10.1. The van der Waals surface area contributed by atoms with Crippen molar-refractivity contribution in [1.82, 2.24) is 15.1 Å². The third kappa shape index (κ3) is 7.59. The van der Waals surface area contributed by atoms with E-state index in [1.165, 1.54) is 5.56 Å². The van der Waals surface area contributed by atoms with Crippen molar-refractivity contribution in [3.05, 3.63) is 35.9 Å². The van der Waals surface area contributed by atoms with Crippen LogP contribution in [0.15, 0.2) is 35.3 Å². The van der Waals surface area contributed by atoms with Gasteiger partial charge in [0.05, 0.1) is 13.2 Å². The number of aliphatic imine (C=N–C) groups is 1. The van der Waals surface area contributed by atoms with Crippen molar-refractivity contribution in [3.63, 3.8) is 0 Å². The van der Waals surface area contributed by atoms with Gasteiger partial charge in [0.25, 0.3) is 0 Å². The monoisotopic (exact) mass is 374 g/mol. The molecule has 1 heterocycles. The third-order valence-electron chi connectivity index (χ3n) is 4.73. The number of carbonyl (C=O) groups is 1. The van der Waals surface area contributed by atoms with E-state index in [1.54, 1.807) is 19.0 Å². The molecule has 0 aromatic heterocycles. The molecule has 1 unspecified atom stereocenters. The molecule has 1 amide bonds. The summed E-state index contributed by atoms with van der Waals surface area (Å²) in [5.74, 6) is 1.37. The zero-order valence-corrected chi connectivity index (χ0v) is 17.0. The van der Waals surface area contributed by atoms with Crippen molar-refractivity contribution in [3.8, 4) is 0 Å². The lowest BCUT2D eigenvalue weighted by molar-refractivity contribution is -0.127. The van der Waals surface area contributed by atoms with Crippen LogP contribution in [0.4, 0.5) is 0 Å². The average Bonchev–Trinajstić information content (AvgIpc) is 3.13. The summed E-state index contributed by atoms with van der Waals surface area (Å²) in [5.41, 5.74) is 1.21. The van der Waals surface area contributed by atoms with Gasteiger partial charge in [0, 0.05) is 39.6 Å². The molecule has 1 aromatic carbocycles. The van der Waals surface area contributed by atoms with E-state index in [-0.39, 0.29) is 12.5 Å². The van der Waals surface area contributed by atoms with Gasteiger partial charge in [0.15, 0.2) is 5.96 Å². The van der Waals surface area contributed by atoms with Crippen LogP contribution in [-0.2, 0) is 16.1 Å². The molecule has 1 aliphatic rings. The summed E-state index contributed by atoms with van der Waals surface area (Å²) in [7, 11) is 3.52. The quantitative estimate of drug-likeness (QED) is 0.410. The van der Waals surface area contributed by atoms with E-state index in [9.17, 15) is 4.79 Å². The summed E-state index contributed by atoms with van der Waals surface area (Å²) < 4.78 is 5.91. The van der Waals surface area contributed by atoms with Crippen LogP contribution in [0.2, 0.25) is 0 Å². The third-order valence-corrected chi connectivity index (χ3v) is 4.73. The Hall–Kier alpha value is -2.08. The van der Waals surface area contributed by atoms with Gasteiger partial charge in [-0.15, -0.1) is 0 Å². The highest BCUT2D eigenvalue weighted by molar-refractivity contribution is 5.85. The van der Waals surface area contributed by atoms with Crippen LogP contribution < -0.4 is 5.32 Å². The Bertz CT molecular complexity index is 589. The van der Waals surface area contributed by atoms with E-state index in [4.69, 9.17) is 4.74 Å². The van der Waals surface area contributed by atoms with E-state index in [1.807, 2.05) is 18.2 Å². The first kappa shape index (κ1) is 21.2. The van der Waals surface area contributed by atoms with Gasteiger partial charge in [-0.25, -0.2) is 4.99 Å². The summed E-state index contributed by atoms with van der Waals surface area (Å²) in [6.45, 7) is 6.53. The largest absolute Gasteiger partial charge is 0.376 e. The Morgan fingerprint density at radius 3 is 2.81 bits per heavy atom. The molecule has 6 nitrogen and oxygen atoms in total. The van der Waals surface area contributed by atoms with Crippen molar-refractivity contribution < 1.29 is 9.53 Å². The number of likely N-dealkylation sites (tertiary alicyclic amines) is 1. The highest BCUT2D eigenvalue weighted by atomic mass is 16.5. The van der Waals surface area contributed by atoms with E-state index in [2.05, 4.69) is 34.3 Å². The van der Waals surface area contributed by atoms with Crippen LogP contribution in [0, 0.1) is 5.92 Å². The lowest BCUT2D eigenvalue weighted by Gasteiger charge is -2.22. The number of guanidine groups is 1. The predicted octanol–water partition coefficient (Wildman–Crippen LogP) is 2.36. The van der Waals surface area contributed by atoms with Crippen LogP contribution in [0.5, 0.6) is 0 Å². The second-order valence-electron chi connectivity index (χ2n) is 7.31. The molecule has 0 bridgehead atoms. The molecule has 0 saturated carbocycles. The Kier molecular flexibility index (Phi) is 9.11. The second kappa shape index (κ2) is 11.6. The molecule has 1 N–H and O–H groups in total. The maximum Gasteiger partial charge on any atom is 0.243 e. The molecule has 0 aliphatic carbocycles. The van der Waals surface area contributed by atoms with Gasteiger partial charge in [-0.05, 0) is 18.4 Å². The summed E-state index contributed by atoms with van der Waals surface area (Å²) in [6.07, 6.45) is 3.32. The van der Waals surface area contributed by atoms with Crippen molar-refractivity contribution in [2.75, 3.05) is 46.9 Å². The average molecular weight is 375 g/mol. The molecule has 2 rings (SSSR count). The smallest absolute Gasteiger partial charge is 0.243 e. The van der Waals surface area contributed by atoms with Crippen molar-refractivity contribution >= 4 is 11.9 Å². The van der Waals surface area contributed by atoms with Gasteiger partial charge < -0.3 is 19.9 Å².